The van der Waals surface area contributed by atoms with Crippen LogP contribution in [0.25, 0.3) is 0 Å². The summed E-state index contributed by atoms with van der Waals surface area (Å²) in [4.78, 5) is 12.5. The smallest absolute Gasteiger partial charge is 0.313 e. The van der Waals surface area contributed by atoms with Crippen molar-refractivity contribution in [3.8, 4) is 0 Å². The SMILES string of the molecule is CC1C2CC3C1C3(C(=O)OC1CCCC1)C2C. The molecule has 4 bridgehead atoms. The molecule has 2 heteroatoms. The molecule has 0 N–H and O–H groups in total. The molecule has 0 radical (unpaired) electrons. The van der Waals surface area contributed by atoms with Crippen molar-refractivity contribution in [1.82, 2.24) is 0 Å². The van der Waals surface area contributed by atoms with Crippen LogP contribution in [-0.2, 0) is 9.53 Å². The van der Waals surface area contributed by atoms with Gasteiger partial charge in [0.15, 0.2) is 0 Å². The lowest BCUT2D eigenvalue weighted by atomic mass is 9.90. The third-order valence-electron chi connectivity index (χ3n) is 6.58. The molecule has 5 saturated carbocycles. The number of rotatable bonds is 2. The van der Waals surface area contributed by atoms with Crippen LogP contribution >= 0.6 is 0 Å². The molecule has 6 unspecified atom stereocenters. The number of hydrogen-bond acceptors (Lipinski definition) is 2. The number of esters is 1. The van der Waals surface area contributed by atoms with E-state index in [1.54, 1.807) is 0 Å². The molecule has 0 spiro atoms. The van der Waals surface area contributed by atoms with Crippen LogP contribution in [0.2, 0.25) is 0 Å². The lowest BCUT2D eigenvalue weighted by Gasteiger charge is -2.20. The predicted molar refractivity (Wildman–Crippen MR) is 64.2 cm³/mol. The van der Waals surface area contributed by atoms with E-state index >= 15 is 0 Å². The van der Waals surface area contributed by atoms with Crippen molar-refractivity contribution in [2.24, 2.45) is 35.0 Å². The van der Waals surface area contributed by atoms with Gasteiger partial charge in [0.1, 0.15) is 6.10 Å². The third-order valence-corrected chi connectivity index (χ3v) is 6.58. The highest BCUT2D eigenvalue weighted by atomic mass is 16.5. The summed E-state index contributed by atoms with van der Waals surface area (Å²) in [5.41, 5.74) is -0.0212. The van der Waals surface area contributed by atoms with E-state index in [0.717, 1.165) is 24.7 Å². The van der Waals surface area contributed by atoms with Gasteiger partial charge >= 0.3 is 5.97 Å². The summed E-state index contributed by atoms with van der Waals surface area (Å²) in [5, 5.41) is 0. The second-order valence-corrected chi connectivity index (χ2v) is 6.92. The van der Waals surface area contributed by atoms with Crippen LogP contribution in [0.4, 0.5) is 0 Å². The van der Waals surface area contributed by atoms with Gasteiger partial charge in [0, 0.05) is 0 Å². The molecular weight excluding hydrogens is 212 g/mol. The summed E-state index contributed by atoms with van der Waals surface area (Å²) < 4.78 is 5.82. The van der Waals surface area contributed by atoms with Gasteiger partial charge < -0.3 is 4.74 Å². The van der Waals surface area contributed by atoms with Gasteiger partial charge in [0.2, 0.25) is 0 Å². The molecule has 2 nitrogen and oxygen atoms in total. The Hall–Kier alpha value is -0.530. The minimum absolute atomic E-state index is 0.0212. The normalized spacial score (nSPS) is 55.3. The van der Waals surface area contributed by atoms with Gasteiger partial charge in [-0.05, 0) is 61.7 Å². The van der Waals surface area contributed by atoms with Crippen LogP contribution in [0.15, 0.2) is 0 Å². The van der Waals surface area contributed by atoms with Gasteiger partial charge in [-0.15, -0.1) is 0 Å². The highest BCUT2D eigenvalue weighted by Gasteiger charge is 2.84. The maximum atomic E-state index is 12.5. The first-order valence-corrected chi connectivity index (χ1v) is 7.38. The van der Waals surface area contributed by atoms with Gasteiger partial charge in [-0.3, -0.25) is 4.79 Å². The van der Waals surface area contributed by atoms with Crippen molar-refractivity contribution in [3.63, 3.8) is 0 Å². The molecule has 0 aliphatic heterocycles. The summed E-state index contributed by atoms with van der Waals surface area (Å²) in [6.07, 6.45) is 6.24. The van der Waals surface area contributed by atoms with Crippen molar-refractivity contribution >= 4 is 5.97 Å². The number of hydrogen-bond donors (Lipinski definition) is 0. The maximum absolute atomic E-state index is 12.5. The Morgan fingerprint density at radius 1 is 1.24 bits per heavy atom. The van der Waals surface area contributed by atoms with E-state index in [2.05, 4.69) is 13.8 Å². The standard InChI is InChI=1S/C15H22O2/c1-8-11-7-12-13(8)15(12,9(11)2)14(16)17-10-5-3-4-6-10/h8-13H,3-7H2,1-2H3. The first-order valence-electron chi connectivity index (χ1n) is 7.38. The van der Waals surface area contributed by atoms with Crippen molar-refractivity contribution in [3.05, 3.63) is 0 Å². The fraction of sp³-hybridized carbons (Fsp3) is 0.933. The molecule has 0 aromatic rings. The monoisotopic (exact) mass is 234 g/mol. The van der Waals surface area contributed by atoms with Gasteiger partial charge in [0.25, 0.3) is 0 Å². The summed E-state index contributed by atoms with van der Waals surface area (Å²) in [7, 11) is 0. The van der Waals surface area contributed by atoms with Crippen LogP contribution in [0, 0.1) is 35.0 Å². The van der Waals surface area contributed by atoms with Crippen LogP contribution < -0.4 is 0 Å². The molecule has 5 aliphatic rings. The Morgan fingerprint density at radius 2 is 1.94 bits per heavy atom. The first-order chi connectivity index (χ1) is 8.17. The predicted octanol–water partition coefficient (Wildman–Crippen LogP) is 3.01. The zero-order chi connectivity index (χ0) is 11.8. The average molecular weight is 234 g/mol. The fourth-order valence-corrected chi connectivity index (χ4v) is 5.82. The van der Waals surface area contributed by atoms with E-state index in [9.17, 15) is 4.79 Å². The number of ether oxygens (including phenoxy) is 1. The zero-order valence-corrected chi connectivity index (χ0v) is 10.8. The maximum Gasteiger partial charge on any atom is 0.313 e. The molecule has 6 atom stereocenters. The topological polar surface area (TPSA) is 26.3 Å². The average Bonchev–Trinajstić information content (AvgIpc) is 2.72. The second-order valence-electron chi connectivity index (χ2n) is 6.92. The molecule has 0 saturated heterocycles. The molecule has 0 amide bonds. The third kappa shape index (κ3) is 1.02. The molecule has 94 valence electrons. The highest BCUT2D eigenvalue weighted by molar-refractivity contribution is 5.84. The highest BCUT2D eigenvalue weighted by Crippen LogP contribution is 2.83. The van der Waals surface area contributed by atoms with Crippen LogP contribution in [-0.4, -0.2) is 12.1 Å². The quantitative estimate of drug-likeness (QED) is 0.686. The van der Waals surface area contributed by atoms with Crippen molar-refractivity contribution in [2.75, 3.05) is 0 Å². The second kappa shape index (κ2) is 3.07. The summed E-state index contributed by atoms with van der Waals surface area (Å²) >= 11 is 0. The minimum Gasteiger partial charge on any atom is -0.462 e. The largest absolute Gasteiger partial charge is 0.462 e. The molecule has 0 aromatic heterocycles. The minimum atomic E-state index is -0.0212. The molecule has 5 aliphatic carbocycles. The molecule has 17 heavy (non-hydrogen) atoms. The lowest BCUT2D eigenvalue weighted by Crippen LogP contribution is -2.28. The molecule has 0 aromatic carbocycles. The summed E-state index contributed by atoms with van der Waals surface area (Å²) in [6.45, 7) is 4.65. The fourth-order valence-electron chi connectivity index (χ4n) is 5.82. The van der Waals surface area contributed by atoms with Gasteiger partial charge in [0.05, 0.1) is 5.41 Å². The van der Waals surface area contributed by atoms with E-state index in [0.29, 0.717) is 17.8 Å². The van der Waals surface area contributed by atoms with Crippen LogP contribution in [0.1, 0.15) is 46.0 Å². The van der Waals surface area contributed by atoms with Gasteiger partial charge in [-0.25, -0.2) is 0 Å². The number of carbonyl (C=O) groups excluding carboxylic acids is 1. The Labute approximate surface area is 103 Å². The zero-order valence-electron chi connectivity index (χ0n) is 10.8. The van der Waals surface area contributed by atoms with E-state index in [4.69, 9.17) is 4.74 Å². The van der Waals surface area contributed by atoms with E-state index in [-0.39, 0.29) is 17.5 Å². The van der Waals surface area contributed by atoms with Gasteiger partial charge in [-0.2, -0.15) is 0 Å². The van der Waals surface area contributed by atoms with E-state index < -0.39 is 0 Å². The molecule has 5 fully saturated rings. The first kappa shape index (κ1) is 10.4. The number of carbonyl (C=O) groups is 1. The van der Waals surface area contributed by atoms with Crippen molar-refractivity contribution in [2.45, 2.75) is 52.1 Å². The molecular formula is C15H22O2. The molecule has 0 heterocycles. The Balaban J connectivity index is 1.54. The van der Waals surface area contributed by atoms with E-state index in [1.807, 2.05) is 0 Å². The van der Waals surface area contributed by atoms with Crippen LogP contribution in [0.5, 0.6) is 0 Å². The van der Waals surface area contributed by atoms with Crippen molar-refractivity contribution < 1.29 is 9.53 Å². The van der Waals surface area contributed by atoms with E-state index in [1.165, 1.54) is 19.3 Å². The van der Waals surface area contributed by atoms with Gasteiger partial charge in [-0.1, -0.05) is 13.8 Å². The Bertz CT molecular complexity index is 367. The Morgan fingerprint density at radius 3 is 2.41 bits per heavy atom. The Kier molecular flexibility index (Phi) is 1.88. The summed E-state index contributed by atoms with van der Waals surface area (Å²) in [5.74, 6) is 3.70. The molecule has 5 rings (SSSR count). The van der Waals surface area contributed by atoms with Crippen LogP contribution in [0.3, 0.4) is 0 Å². The summed E-state index contributed by atoms with van der Waals surface area (Å²) in [6, 6.07) is 0. The lowest BCUT2D eigenvalue weighted by molar-refractivity contribution is -0.157. The van der Waals surface area contributed by atoms with Crippen molar-refractivity contribution in [1.29, 1.82) is 0 Å².